The first kappa shape index (κ1) is 32.1. The predicted molar refractivity (Wildman–Crippen MR) is 162 cm³/mol. The van der Waals surface area contributed by atoms with E-state index in [0.29, 0.717) is 18.7 Å². The van der Waals surface area contributed by atoms with Crippen molar-refractivity contribution in [1.82, 2.24) is 10.2 Å². The van der Waals surface area contributed by atoms with Crippen molar-refractivity contribution in [2.45, 2.75) is 57.5 Å². The zero-order valence-electron chi connectivity index (χ0n) is 24.8. The molecule has 1 aliphatic heterocycles. The summed E-state index contributed by atoms with van der Waals surface area (Å²) in [7, 11) is 1.98. The summed E-state index contributed by atoms with van der Waals surface area (Å²) in [6.07, 6.45) is -1.18. The lowest BCUT2D eigenvalue weighted by atomic mass is 9.98. The molecule has 0 saturated carbocycles. The number of carbonyl (C=O) groups is 2. The normalized spacial score (nSPS) is 19.8. The first-order valence-corrected chi connectivity index (χ1v) is 14.5. The van der Waals surface area contributed by atoms with Gasteiger partial charge >= 0.3 is 12.0 Å². The van der Waals surface area contributed by atoms with Gasteiger partial charge in [-0.05, 0) is 49.7 Å². The number of rotatable bonds is 12. The van der Waals surface area contributed by atoms with Crippen LogP contribution in [0.1, 0.15) is 61.0 Å². The molecule has 3 aromatic carbocycles. The molecule has 4 rings (SSSR count). The molecule has 230 valence electrons. The second kappa shape index (κ2) is 15.6. The Kier molecular flexibility index (Phi) is 11.7. The second-order valence-electron chi connectivity index (χ2n) is 10.6. The van der Waals surface area contributed by atoms with E-state index in [1.54, 1.807) is 19.1 Å². The van der Waals surface area contributed by atoms with E-state index in [1.165, 1.54) is 0 Å². The Labute approximate surface area is 252 Å². The molecule has 0 radical (unpaired) electrons. The monoisotopic (exact) mass is 591 g/mol. The number of likely N-dealkylation sites (N-methyl/N-ethyl adjacent to an activating group) is 1. The highest BCUT2D eigenvalue weighted by molar-refractivity contribution is 5.91. The molecule has 43 heavy (non-hydrogen) atoms. The van der Waals surface area contributed by atoms with Gasteiger partial charge in [0.25, 0.3) is 0 Å². The third-order valence-corrected chi connectivity index (χ3v) is 7.54. The minimum absolute atomic E-state index is 0.0339. The van der Waals surface area contributed by atoms with E-state index >= 15 is 0 Å². The maximum Gasteiger partial charge on any atom is 0.325 e. The van der Waals surface area contributed by atoms with Crippen LogP contribution in [0.4, 0.5) is 10.5 Å². The first-order valence-electron chi connectivity index (χ1n) is 14.5. The summed E-state index contributed by atoms with van der Waals surface area (Å²) in [5.74, 6) is -0.510. The number of aliphatic hydroxyl groups excluding tert-OH is 2. The van der Waals surface area contributed by atoms with Gasteiger partial charge in [0.2, 0.25) is 0 Å². The van der Waals surface area contributed by atoms with Gasteiger partial charge in [-0.25, -0.2) is 4.79 Å². The maximum atomic E-state index is 12.2. The van der Waals surface area contributed by atoms with Crippen LogP contribution in [-0.4, -0.2) is 66.0 Å². The van der Waals surface area contributed by atoms with Gasteiger partial charge in [-0.2, -0.15) is 0 Å². The molecule has 1 aliphatic rings. The van der Waals surface area contributed by atoms with Crippen molar-refractivity contribution in [2.24, 2.45) is 0 Å². The van der Waals surface area contributed by atoms with E-state index < -0.39 is 24.4 Å². The van der Waals surface area contributed by atoms with Gasteiger partial charge in [-0.3, -0.25) is 9.69 Å². The highest BCUT2D eigenvalue weighted by atomic mass is 16.7. The van der Waals surface area contributed by atoms with Gasteiger partial charge in [0.1, 0.15) is 6.54 Å². The van der Waals surface area contributed by atoms with Crippen LogP contribution in [-0.2, 0) is 25.6 Å². The third kappa shape index (κ3) is 9.09. The quantitative estimate of drug-likeness (QED) is 0.227. The Hall–Kier alpha value is -3.80. The van der Waals surface area contributed by atoms with Crippen molar-refractivity contribution < 1.29 is 34.0 Å². The molecule has 5 atom stereocenters. The topological polar surface area (TPSA) is 130 Å². The first-order chi connectivity index (χ1) is 20.8. The number of aliphatic hydroxyl groups is 2. The number of benzene rings is 3. The number of hydrogen-bond donors (Lipinski definition) is 4. The van der Waals surface area contributed by atoms with Crippen molar-refractivity contribution >= 4 is 17.7 Å². The molecule has 0 bridgehead atoms. The summed E-state index contributed by atoms with van der Waals surface area (Å²) >= 11 is 0. The summed E-state index contributed by atoms with van der Waals surface area (Å²) in [6, 6.07) is 23.8. The van der Waals surface area contributed by atoms with E-state index in [9.17, 15) is 19.8 Å². The molecular formula is C33H41N3O7. The molecule has 4 N–H and O–H groups in total. The Morgan fingerprint density at radius 2 is 1.67 bits per heavy atom. The molecule has 0 aliphatic carbocycles. The largest absolute Gasteiger partial charge is 0.465 e. The third-order valence-electron chi connectivity index (χ3n) is 7.54. The van der Waals surface area contributed by atoms with Crippen molar-refractivity contribution in [1.29, 1.82) is 0 Å². The lowest BCUT2D eigenvalue weighted by molar-refractivity contribution is -0.253. The van der Waals surface area contributed by atoms with Gasteiger partial charge in [0.15, 0.2) is 6.29 Å². The lowest BCUT2D eigenvalue weighted by Crippen LogP contribution is -2.43. The number of carbonyl (C=O) groups excluding carboxylic acids is 2. The van der Waals surface area contributed by atoms with Crippen LogP contribution in [0.3, 0.4) is 0 Å². The van der Waals surface area contributed by atoms with Gasteiger partial charge in [-0.15, -0.1) is 0 Å². The van der Waals surface area contributed by atoms with Crippen LogP contribution in [0.5, 0.6) is 0 Å². The van der Waals surface area contributed by atoms with Gasteiger partial charge < -0.3 is 35.1 Å². The van der Waals surface area contributed by atoms with Crippen LogP contribution in [0, 0.1) is 0 Å². The zero-order valence-corrected chi connectivity index (χ0v) is 24.8. The van der Waals surface area contributed by atoms with Crippen molar-refractivity contribution in [3.05, 3.63) is 101 Å². The number of esters is 1. The fraction of sp³-hybridized carbons (Fsp3) is 0.394. The summed E-state index contributed by atoms with van der Waals surface area (Å²) in [5, 5.41) is 25.6. The lowest BCUT2D eigenvalue weighted by Gasteiger charge is -2.39. The molecular weight excluding hydrogens is 550 g/mol. The standard InChI is InChI=1S/C33H41N3O7/c1-4-41-30(38)19-34-33(40)35-27-16-14-26(15-17-27)32-42-28(18-29(43-32)24-12-10-23(21-37)11-13-24)20-36(3)22(2)31(39)25-8-6-5-7-9-25/h5-17,22,28-29,31-32,37,39H,4,18-21H2,1-3H3,(H2,34,35,40)/t22-,28+,29-,31-,32-/m0/s1. The summed E-state index contributed by atoms with van der Waals surface area (Å²) in [4.78, 5) is 25.8. The number of amides is 2. The molecule has 1 heterocycles. The molecule has 3 aromatic rings. The smallest absolute Gasteiger partial charge is 0.325 e. The molecule has 2 amide bonds. The van der Waals surface area contributed by atoms with Crippen LogP contribution in [0.15, 0.2) is 78.9 Å². The van der Waals surface area contributed by atoms with E-state index in [2.05, 4.69) is 15.5 Å². The predicted octanol–water partition coefficient (Wildman–Crippen LogP) is 4.46. The maximum absolute atomic E-state index is 12.2. The Morgan fingerprint density at radius 1 is 1.00 bits per heavy atom. The van der Waals surface area contributed by atoms with Gasteiger partial charge in [0, 0.05) is 30.3 Å². The van der Waals surface area contributed by atoms with Crippen LogP contribution in [0.25, 0.3) is 0 Å². The molecule has 0 unspecified atom stereocenters. The molecule has 0 spiro atoms. The Balaban J connectivity index is 1.45. The molecule has 1 fully saturated rings. The van der Waals surface area contributed by atoms with Crippen molar-refractivity contribution in [3.63, 3.8) is 0 Å². The molecule has 10 heteroatoms. The fourth-order valence-corrected chi connectivity index (χ4v) is 4.95. The van der Waals surface area contributed by atoms with E-state index in [1.807, 2.05) is 80.7 Å². The highest BCUT2D eigenvalue weighted by Crippen LogP contribution is 2.38. The Morgan fingerprint density at radius 3 is 2.33 bits per heavy atom. The second-order valence-corrected chi connectivity index (χ2v) is 10.6. The number of ether oxygens (including phenoxy) is 3. The number of urea groups is 1. The van der Waals surface area contributed by atoms with Crippen LogP contribution in [0.2, 0.25) is 0 Å². The Bertz CT molecular complexity index is 1300. The molecule has 10 nitrogen and oxygen atoms in total. The SMILES string of the molecule is CCOC(=O)CNC(=O)Nc1ccc([C@H]2O[C@@H](CN(C)[C@@H](C)[C@H](O)c3ccccc3)C[C@@H](c3ccc(CO)cc3)O2)cc1. The number of anilines is 1. The minimum Gasteiger partial charge on any atom is -0.465 e. The number of nitrogens with one attached hydrogen (secondary N) is 2. The summed E-state index contributed by atoms with van der Waals surface area (Å²) in [6.45, 7) is 4.25. The number of hydrogen-bond acceptors (Lipinski definition) is 8. The summed E-state index contributed by atoms with van der Waals surface area (Å²) < 4.78 is 17.7. The highest BCUT2D eigenvalue weighted by Gasteiger charge is 2.34. The fourth-order valence-electron chi connectivity index (χ4n) is 4.95. The van der Waals surface area contributed by atoms with E-state index in [0.717, 1.165) is 22.3 Å². The van der Waals surface area contributed by atoms with Gasteiger partial charge in [0.05, 0.1) is 31.5 Å². The minimum atomic E-state index is -0.671. The van der Waals surface area contributed by atoms with Crippen LogP contribution >= 0.6 is 0 Å². The molecule has 1 saturated heterocycles. The van der Waals surface area contributed by atoms with Crippen LogP contribution < -0.4 is 10.6 Å². The van der Waals surface area contributed by atoms with Crippen molar-refractivity contribution in [3.8, 4) is 0 Å². The van der Waals surface area contributed by atoms with Crippen molar-refractivity contribution in [2.75, 3.05) is 32.1 Å². The average molecular weight is 592 g/mol. The summed E-state index contributed by atoms with van der Waals surface area (Å²) in [5.41, 5.74) is 3.97. The van der Waals surface area contributed by atoms with E-state index in [-0.39, 0.29) is 38.0 Å². The van der Waals surface area contributed by atoms with Gasteiger partial charge in [-0.1, -0.05) is 66.7 Å². The average Bonchev–Trinajstić information content (AvgIpc) is 3.04. The molecule has 0 aromatic heterocycles. The van der Waals surface area contributed by atoms with E-state index in [4.69, 9.17) is 14.2 Å². The zero-order chi connectivity index (χ0) is 30.8. The number of nitrogens with zero attached hydrogens (tertiary/aromatic N) is 1.